The Balaban J connectivity index is 1.41. The van der Waals surface area contributed by atoms with E-state index >= 15 is 0 Å². The number of benzene rings is 1. The van der Waals surface area contributed by atoms with Gasteiger partial charge in [0.1, 0.15) is 0 Å². The van der Waals surface area contributed by atoms with Gasteiger partial charge in [0, 0.05) is 43.6 Å². The van der Waals surface area contributed by atoms with Gasteiger partial charge in [0.2, 0.25) is 5.91 Å². The largest absolute Gasteiger partial charge is 0.339 e. The van der Waals surface area contributed by atoms with Crippen LogP contribution in [-0.4, -0.2) is 41.3 Å². The first-order valence-corrected chi connectivity index (χ1v) is 9.32. The number of hydrogen-bond donors (Lipinski definition) is 0. The molecular formula is C21H23N3O2. The van der Waals surface area contributed by atoms with Gasteiger partial charge in [0.05, 0.1) is 5.56 Å². The van der Waals surface area contributed by atoms with Crippen LogP contribution >= 0.6 is 0 Å². The van der Waals surface area contributed by atoms with E-state index in [1.165, 1.54) is 5.56 Å². The van der Waals surface area contributed by atoms with E-state index in [0.717, 1.165) is 37.9 Å². The zero-order chi connectivity index (χ0) is 17.9. The quantitative estimate of drug-likeness (QED) is 0.838. The predicted octanol–water partition coefficient (Wildman–Crippen LogP) is 2.91. The van der Waals surface area contributed by atoms with Crippen LogP contribution in [0.5, 0.6) is 0 Å². The highest BCUT2D eigenvalue weighted by Crippen LogP contribution is 2.30. The first-order chi connectivity index (χ1) is 12.7. The van der Waals surface area contributed by atoms with E-state index in [1.54, 1.807) is 24.5 Å². The molecule has 2 aliphatic rings. The van der Waals surface area contributed by atoms with Crippen molar-refractivity contribution in [3.05, 3.63) is 59.9 Å². The summed E-state index contributed by atoms with van der Waals surface area (Å²) in [6, 6.07) is 11.8. The number of para-hydroxylation sites is 1. The Labute approximate surface area is 153 Å². The minimum atomic E-state index is -0.000829. The maximum Gasteiger partial charge on any atom is 0.255 e. The van der Waals surface area contributed by atoms with Crippen molar-refractivity contribution >= 4 is 17.5 Å². The Kier molecular flexibility index (Phi) is 4.69. The number of amides is 2. The molecule has 1 fully saturated rings. The highest BCUT2D eigenvalue weighted by Gasteiger charge is 2.32. The molecule has 5 heteroatoms. The van der Waals surface area contributed by atoms with Crippen molar-refractivity contribution in [3.63, 3.8) is 0 Å². The van der Waals surface area contributed by atoms with Crippen LogP contribution in [0.2, 0.25) is 0 Å². The minimum absolute atomic E-state index is 0.000829. The number of anilines is 1. The Bertz CT molecular complexity index is 798. The van der Waals surface area contributed by atoms with Crippen molar-refractivity contribution in [1.82, 2.24) is 9.88 Å². The highest BCUT2D eigenvalue weighted by atomic mass is 16.2. The summed E-state index contributed by atoms with van der Waals surface area (Å²) in [4.78, 5) is 33.4. The summed E-state index contributed by atoms with van der Waals surface area (Å²) in [5.41, 5.74) is 2.94. The summed E-state index contributed by atoms with van der Waals surface area (Å²) in [5.74, 6) is 0.219. The number of hydrogen-bond acceptors (Lipinski definition) is 3. The number of pyridine rings is 1. The van der Waals surface area contributed by atoms with Gasteiger partial charge >= 0.3 is 0 Å². The fourth-order valence-electron chi connectivity index (χ4n) is 3.98. The van der Waals surface area contributed by atoms with E-state index in [0.29, 0.717) is 18.7 Å². The molecule has 0 unspecified atom stereocenters. The zero-order valence-corrected chi connectivity index (χ0v) is 14.8. The summed E-state index contributed by atoms with van der Waals surface area (Å²) < 4.78 is 0. The van der Waals surface area contributed by atoms with Gasteiger partial charge in [-0.1, -0.05) is 18.2 Å². The van der Waals surface area contributed by atoms with Crippen LogP contribution < -0.4 is 4.90 Å². The topological polar surface area (TPSA) is 53.5 Å². The van der Waals surface area contributed by atoms with Crippen molar-refractivity contribution < 1.29 is 9.59 Å². The normalized spacial score (nSPS) is 17.7. The molecule has 0 atom stereocenters. The van der Waals surface area contributed by atoms with Gasteiger partial charge in [-0.15, -0.1) is 0 Å². The van der Waals surface area contributed by atoms with Crippen molar-refractivity contribution in [2.75, 3.05) is 24.5 Å². The van der Waals surface area contributed by atoms with Crippen molar-refractivity contribution in [3.8, 4) is 0 Å². The molecular weight excluding hydrogens is 326 g/mol. The second-order valence-corrected chi connectivity index (χ2v) is 7.03. The molecule has 2 aromatic rings. The van der Waals surface area contributed by atoms with Crippen LogP contribution in [0.4, 0.5) is 5.69 Å². The number of aryl methyl sites for hydroxylation is 1. The van der Waals surface area contributed by atoms with Crippen molar-refractivity contribution in [2.45, 2.75) is 25.7 Å². The predicted molar refractivity (Wildman–Crippen MR) is 100.0 cm³/mol. The van der Waals surface area contributed by atoms with Gasteiger partial charge in [-0.05, 0) is 49.4 Å². The first kappa shape index (κ1) is 16.8. The van der Waals surface area contributed by atoms with E-state index in [9.17, 15) is 9.59 Å². The third-order valence-corrected chi connectivity index (χ3v) is 5.42. The van der Waals surface area contributed by atoms with Gasteiger partial charge in [-0.25, -0.2) is 0 Å². The van der Waals surface area contributed by atoms with Gasteiger partial charge in [0.25, 0.3) is 5.91 Å². The molecule has 2 amide bonds. The first-order valence-electron chi connectivity index (χ1n) is 9.32. The van der Waals surface area contributed by atoms with Crippen molar-refractivity contribution in [2.24, 2.45) is 5.92 Å². The standard InChI is InChI=1S/C21H23N3O2/c25-20(18-6-3-11-22-15-18)23-13-9-17(10-14-23)21(26)24-12-4-7-16-5-1-2-8-19(16)24/h1-3,5-6,8,11,15,17H,4,7,9-10,12-14H2. The maximum absolute atomic E-state index is 13.1. The molecule has 0 N–H and O–H groups in total. The summed E-state index contributed by atoms with van der Waals surface area (Å²) >= 11 is 0. The SMILES string of the molecule is O=C(c1cccnc1)N1CCC(C(=O)N2CCCc3ccccc32)CC1. The van der Waals surface area contributed by atoms with Crippen LogP contribution in [0.25, 0.3) is 0 Å². The number of fused-ring (bicyclic) bond motifs is 1. The average Bonchev–Trinajstić information content (AvgIpc) is 2.73. The fraction of sp³-hybridized carbons (Fsp3) is 0.381. The summed E-state index contributed by atoms with van der Waals surface area (Å²) in [5, 5.41) is 0. The summed E-state index contributed by atoms with van der Waals surface area (Å²) in [7, 11) is 0. The van der Waals surface area contributed by atoms with Crippen LogP contribution in [0.3, 0.4) is 0 Å². The number of carbonyl (C=O) groups excluding carboxylic acids is 2. The number of rotatable bonds is 2. The molecule has 0 aliphatic carbocycles. The second kappa shape index (κ2) is 7.28. The third kappa shape index (κ3) is 3.21. The highest BCUT2D eigenvalue weighted by molar-refractivity contribution is 5.97. The Hall–Kier alpha value is -2.69. The minimum Gasteiger partial charge on any atom is -0.339 e. The van der Waals surface area contributed by atoms with E-state index < -0.39 is 0 Å². The van der Waals surface area contributed by atoms with E-state index in [-0.39, 0.29) is 17.7 Å². The lowest BCUT2D eigenvalue weighted by molar-refractivity contribution is -0.123. The van der Waals surface area contributed by atoms with Gasteiger partial charge in [0.15, 0.2) is 0 Å². The Morgan fingerprint density at radius 3 is 2.58 bits per heavy atom. The van der Waals surface area contributed by atoms with Crippen LogP contribution in [-0.2, 0) is 11.2 Å². The van der Waals surface area contributed by atoms with Crippen LogP contribution in [0.15, 0.2) is 48.8 Å². The number of carbonyl (C=O) groups is 2. The molecule has 3 heterocycles. The molecule has 2 aliphatic heterocycles. The molecule has 134 valence electrons. The molecule has 4 rings (SSSR count). The summed E-state index contributed by atoms with van der Waals surface area (Å²) in [6.45, 7) is 2.05. The van der Waals surface area contributed by atoms with Gasteiger partial charge in [-0.2, -0.15) is 0 Å². The molecule has 0 spiro atoms. The molecule has 1 saturated heterocycles. The Morgan fingerprint density at radius 2 is 1.81 bits per heavy atom. The molecule has 26 heavy (non-hydrogen) atoms. The fourth-order valence-corrected chi connectivity index (χ4v) is 3.98. The molecule has 0 bridgehead atoms. The third-order valence-electron chi connectivity index (χ3n) is 5.42. The molecule has 0 radical (unpaired) electrons. The average molecular weight is 349 g/mol. The lowest BCUT2D eigenvalue weighted by Crippen LogP contribution is -2.45. The van der Waals surface area contributed by atoms with Gasteiger partial charge < -0.3 is 9.80 Å². The lowest BCUT2D eigenvalue weighted by Gasteiger charge is -2.36. The molecule has 1 aromatic heterocycles. The number of nitrogens with zero attached hydrogens (tertiary/aromatic N) is 3. The van der Waals surface area contributed by atoms with Gasteiger partial charge in [-0.3, -0.25) is 14.6 Å². The number of aromatic nitrogens is 1. The number of piperidine rings is 1. The summed E-state index contributed by atoms with van der Waals surface area (Å²) in [6.07, 6.45) is 6.77. The smallest absolute Gasteiger partial charge is 0.255 e. The molecule has 5 nitrogen and oxygen atoms in total. The monoisotopic (exact) mass is 349 g/mol. The molecule has 0 saturated carbocycles. The zero-order valence-electron chi connectivity index (χ0n) is 14.8. The number of likely N-dealkylation sites (tertiary alicyclic amines) is 1. The second-order valence-electron chi connectivity index (χ2n) is 7.03. The van der Waals surface area contributed by atoms with Crippen LogP contribution in [0, 0.1) is 5.92 Å². The lowest BCUT2D eigenvalue weighted by atomic mass is 9.93. The molecule has 1 aromatic carbocycles. The van der Waals surface area contributed by atoms with Crippen molar-refractivity contribution in [1.29, 1.82) is 0 Å². The van der Waals surface area contributed by atoms with E-state index in [4.69, 9.17) is 0 Å². The Morgan fingerprint density at radius 1 is 1.00 bits per heavy atom. The van der Waals surface area contributed by atoms with E-state index in [2.05, 4.69) is 11.1 Å². The van der Waals surface area contributed by atoms with E-state index in [1.807, 2.05) is 28.0 Å². The van der Waals surface area contributed by atoms with Crippen LogP contribution in [0.1, 0.15) is 35.2 Å². The maximum atomic E-state index is 13.1.